The number of ether oxygens (including phenoxy) is 3. The summed E-state index contributed by atoms with van der Waals surface area (Å²) in [6.45, 7) is -0.517. The van der Waals surface area contributed by atoms with Crippen LogP contribution in [-0.4, -0.2) is 56.6 Å². The molecule has 0 bridgehead atoms. The van der Waals surface area contributed by atoms with Crippen molar-refractivity contribution in [2.75, 3.05) is 34.9 Å². The second-order valence-corrected chi connectivity index (χ2v) is 4.35. The molecule has 1 aromatic rings. The van der Waals surface area contributed by atoms with E-state index in [2.05, 4.69) is 0 Å². The number of nitrogens with zero attached hydrogens (tertiary/aromatic N) is 2. The number of methoxy groups -OCH3 is 2. The third-order valence-electron chi connectivity index (χ3n) is 2.74. The van der Waals surface area contributed by atoms with Crippen molar-refractivity contribution in [2.24, 2.45) is 0 Å². The van der Waals surface area contributed by atoms with Crippen LogP contribution in [0.15, 0.2) is 12.1 Å². The van der Waals surface area contributed by atoms with Gasteiger partial charge in [0, 0.05) is 20.2 Å². The Morgan fingerprint density at radius 1 is 1.18 bits per heavy atom. The third kappa shape index (κ3) is 3.84. The van der Waals surface area contributed by atoms with Crippen LogP contribution in [0.1, 0.15) is 10.4 Å². The van der Waals surface area contributed by atoms with Gasteiger partial charge >= 0.3 is 5.97 Å². The Bertz CT molecular complexity index is 598. The van der Waals surface area contributed by atoms with Crippen molar-refractivity contribution in [3.05, 3.63) is 27.8 Å². The summed E-state index contributed by atoms with van der Waals surface area (Å²) in [5.41, 5.74) is -0.825. The number of hydrogen-bond acceptors (Lipinski definition) is 7. The second kappa shape index (κ2) is 7.25. The van der Waals surface area contributed by atoms with Gasteiger partial charge in [0.1, 0.15) is 5.56 Å². The number of carbonyl (C=O) groups excluding carboxylic acids is 2. The molecule has 0 aromatic heterocycles. The van der Waals surface area contributed by atoms with Crippen molar-refractivity contribution in [3.63, 3.8) is 0 Å². The highest BCUT2D eigenvalue weighted by atomic mass is 16.6. The van der Waals surface area contributed by atoms with Crippen LogP contribution in [0.4, 0.5) is 5.69 Å². The average molecular weight is 312 g/mol. The smallest absolute Gasteiger partial charge is 0.345 e. The molecule has 1 aromatic carbocycles. The lowest BCUT2D eigenvalue weighted by atomic mass is 10.1. The Labute approximate surface area is 126 Å². The summed E-state index contributed by atoms with van der Waals surface area (Å²) in [7, 11) is 5.63. The van der Waals surface area contributed by atoms with Crippen LogP contribution in [0.5, 0.6) is 11.5 Å². The lowest BCUT2D eigenvalue weighted by Crippen LogP contribution is -2.27. The number of hydrogen-bond donors (Lipinski definition) is 0. The molecule has 0 N–H and O–H groups in total. The predicted octanol–water partition coefficient (Wildman–Crippen LogP) is 0.857. The van der Waals surface area contributed by atoms with E-state index in [4.69, 9.17) is 14.2 Å². The molecule has 0 radical (unpaired) electrons. The van der Waals surface area contributed by atoms with E-state index in [9.17, 15) is 19.7 Å². The maximum absolute atomic E-state index is 12.0. The molecule has 0 heterocycles. The van der Waals surface area contributed by atoms with E-state index < -0.39 is 29.1 Å². The fourth-order valence-electron chi connectivity index (χ4n) is 1.52. The van der Waals surface area contributed by atoms with Crippen LogP contribution >= 0.6 is 0 Å². The predicted molar refractivity (Wildman–Crippen MR) is 75.2 cm³/mol. The first-order valence-electron chi connectivity index (χ1n) is 6.09. The zero-order valence-electron chi connectivity index (χ0n) is 12.6. The van der Waals surface area contributed by atoms with Crippen molar-refractivity contribution in [2.45, 2.75) is 0 Å². The van der Waals surface area contributed by atoms with Gasteiger partial charge < -0.3 is 19.1 Å². The van der Waals surface area contributed by atoms with Gasteiger partial charge in [-0.3, -0.25) is 14.9 Å². The van der Waals surface area contributed by atoms with E-state index >= 15 is 0 Å². The summed E-state index contributed by atoms with van der Waals surface area (Å²) in [5.74, 6) is -1.20. The van der Waals surface area contributed by atoms with E-state index in [0.717, 1.165) is 12.1 Å². The zero-order chi connectivity index (χ0) is 16.9. The number of nitro groups is 1. The normalized spacial score (nSPS) is 9.82. The number of rotatable bonds is 6. The minimum atomic E-state index is -0.997. The topological polar surface area (TPSA) is 108 Å². The first kappa shape index (κ1) is 17.2. The average Bonchev–Trinajstić information content (AvgIpc) is 2.50. The largest absolute Gasteiger partial charge is 0.493 e. The van der Waals surface area contributed by atoms with E-state index in [0.29, 0.717) is 0 Å². The van der Waals surface area contributed by atoms with Crippen LogP contribution < -0.4 is 9.47 Å². The number of amides is 1. The molecular weight excluding hydrogens is 296 g/mol. The van der Waals surface area contributed by atoms with Crippen LogP contribution in [0.3, 0.4) is 0 Å². The monoisotopic (exact) mass is 312 g/mol. The standard InChI is InChI=1S/C13H16N2O7/c1-14(2)12(16)7-22-13(17)8-5-10(20-3)11(21-4)6-9(8)15(18)19/h5-6H,7H2,1-4H3. The van der Waals surface area contributed by atoms with Gasteiger partial charge in [0.25, 0.3) is 11.6 Å². The summed E-state index contributed by atoms with van der Waals surface area (Å²) in [6.07, 6.45) is 0. The van der Waals surface area contributed by atoms with Crippen LogP contribution in [0.25, 0.3) is 0 Å². The Balaban J connectivity index is 3.13. The first-order chi connectivity index (χ1) is 10.3. The van der Waals surface area contributed by atoms with Crippen molar-refractivity contribution >= 4 is 17.6 Å². The lowest BCUT2D eigenvalue weighted by Gasteiger charge is -2.12. The molecule has 9 nitrogen and oxygen atoms in total. The molecule has 120 valence electrons. The zero-order valence-corrected chi connectivity index (χ0v) is 12.6. The molecule has 0 fully saturated rings. The Hall–Kier alpha value is -2.84. The fourth-order valence-corrected chi connectivity index (χ4v) is 1.52. The SMILES string of the molecule is COc1cc(C(=O)OCC(=O)N(C)C)c([N+](=O)[O-])cc1OC. The van der Waals surface area contributed by atoms with Crippen molar-refractivity contribution in [1.82, 2.24) is 4.90 Å². The van der Waals surface area contributed by atoms with Crippen LogP contribution in [-0.2, 0) is 9.53 Å². The number of likely N-dealkylation sites (N-methyl/N-ethyl adjacent to an activating group) is 1. The van der Waals surface area contributed by atoms with Gasteiger partial charge in [-0.1, -0.05) is 0 Å². The molecule has 0 saturated heterocycles. The highest BCUT2D eigenvalue weighted by Gasteiger charge is 2.26. The molecule has 0 aliphatic carbocycles. The van der Waals surface area contributed by atoms with Crippen LogP contribution in [0, 0.1) is 10.1 Å². The van der Waals surface area contributed by atoms with Gasteiger partial charge in [0.15, 0.2) is 18.1 Å². The molecule has 0 aliphatic rings. The lowest BCUT2D eigenvalue weighted by molar-refractivity contribution is -0.385. The van der Waals surface area contributed by atoms with Gasteiger partial charge in [0.05, 0.1) is 25.2 Å². The maximum Gasteiger partial charge on any atom is 0.345 e. The van der Waals surface area contributed by atoms with Crippen molar-refractivity contribution in [3.8, 4) is 11.5 Å². The summed E-state index contributed by atoms with van der Waals surface area (Å²) >= 11 is 0. The summed E-state index contributed by atoms with van der Waals surface area (Å²) < 4.78 is 14.7. The first-order valence-corrected chi connectivity index (χ1v) is 6.09. The van der Waals surface area contributed by atoms with Crippen molar-refractivity contribution in [1.29, 1.82) is 0 Å². The van der Waals surface area contributed by atoms with Gasteiger partial charge in [-0.25, -0.2) is 4.79 Å². The Kier molecular flexibility index (Phi) is 5.67. The highest BCUT2D eigenvalue weighted by molar-refractivity contribution is 5.96. The summed E-state index contributed by atoms with van der Waals surface area (Å²) in [6, 6.07) is 2.20. The number of carbonyl (C=O) groups is 2. The summed E-state index contributed by atoms with van der Waals surface area (Å²) in [5, 5.41) is 11.1. The minimum absolute atomic E-state index is 0.107. The quantitative estimate of drug-likeness (QED) is 0.435. The molecule has 0 unspecified atom stereocenters. The summed E-state index contributed by atoms with van der Waals surface area (Å²) in [4.78, 5) is 34.9. The van der Waals surface area contributed by atoms with Gasteiger partial charge in [-0.05, 0) is 0 Å². The molecule has 9 heteroatoms. The Morgan fingerprint density at radius 3 is 2.18 bits per heavy atom. The van der Waals surface area contributed by atoms with Crippen molar-refractivity contribution < 1.29 is 28.7 Å². The molecular formula is C13H16N2O7. The van der Waals surface area contributed by atoms with E-state index in [1.54, 1.807) is 0 Å². The maximum atomic E-state index is 12.0. The van der Waals surface area contributed by atoms with E-state index in [1.807, 2.05) is 0 Å². The molecule has 0 aliphatic heterocycles. The molecule has 1 rings (SSSR count). The third-order valence-corrected chi connectivity index (χ3v) is 2.74. The molecule has 0 atom stereocenters. The fraction of sp³-hybridized carbons (Fsp3) is 0.385. The van der Waals surface area contributed by atoms with E-state index in [1.165, 1.54) is 33.2 Å². The highest BCUT2D eigenvalue weighted by Crippen LogP contribution is 2.34. The van der Waals surface area contributed by atoms with Gasteiger partial charge in [-0.2, -0.15) is 0 Å². The second-order valence-electron chi connectivity index (χ2n) is 4.35. The molecule has 0 saturated carbocycles. The van der Waals surface area contributed by atoms with Crippen LogP contribution in [0.2, 0.25) is 0 Å². The molecule has 0 spiro atoms. The number of esters is 1. The molecule has 22 heavy (non-hydrogen) atoms. The van der Waals surface area contributed by atoms with E-state index in [-0.39, 0.29) is 17.1 Å². The molecule has 1 amide bonds. The van der Waals surface area contributed by atoms with Gasteiger partial charge in [0.2, 0.25) is 0 Å². The minimum Gasteiger partial charge on any atom is -0.493 e. The van der Waals surface area contributed by atoms with Gasteiger partial charge in [-0.15, -0.1) is 0 Å². The Morgan fingerprint density at radius 2 is 1.73 bits per heavy atom. The number of benzene rings is 1. The number of nitro benzene ring substituents is 1.